The summed E-state index contributed by atoms with van der Waals surface area (Å²) in [6, 6.07) is 9.26. The van der Waals surface area contributed by atoms with Crippen LogP contribution in [0, 0.1) is 0 Å². The number of ether oxygens (including phenoxy) is 2. The van der Waals surface area contributed by atoms with Crippen molar-refractivity contribution in [1.82, 2.24) is 0 Å². The van der Waals surface area contributed by atoms with Gasteiger partial charge in [0.1, 0.15) is 6.61 Å². The molecule has 0 saturated heterocycles. The Bertz CT molecular complexity index is 294. The van der Waals surface area contributed by atoms with Crippen LogP contribution in [0.2, 0.25) is 0 Å². The van der Waals surface area contributed by atoms with Gasteiger partial charge in [0.25, 0.3) is 6.47 Å². The topological polar surface area (TPSA) is 52.6 Å². The largest absolute Gasteiger partial charge is 0.458 e. The van der Waals surface area contributed by atoms with Crippen LogP contribution in [0.5, 0.6) is 0 Å². The molecule has 0 atom stereocenters. The van der Waals surface area contributed by atoms with E-state index >= 15 is 0 Å². The van der Waals surface area contributed by atoms with Gasteiger partial charge in [-0.1, -0.05) is 30.3 Å². The average Bonchev–Trinajstić information content (AvgIpc) is 2.25. The van der Waals surface area contributed by atoms with Crippen molar-refractivity contribution in [3.05, 3.63) is 35.9 Å². The predicted molar refractivity (Wildman–Crippen MR) is 48.3 cm³/mol. The van der Waals surface area contributed by atoms with Crippen molar-refractivity contribution in [2.75, 3.05) is 6.61 Å². The minimum Gasteiger partial charge on any atom is -0.458 e. The summed E-state index contributed by atoms with van der Waals surface area (Å²) < 4.78 is 9.04. The smallest absolute Gasteiger partial charge is 0.344 e. The van der Waals surface area contributed by atoms with Crippen LogP contribution in [0.15, 0.2) is 30.3 Å². The fourth-order valence-electron chi connectivity index (χ4n) is 0.882. The molecule has 4 heteroatoms. The lowest BCUT2D eigenvalue weighted by Gasteiger charge is -2.03. The second-order valence-corrected chi connectivity index (χ2v) is 2.55. The first-order chi connectivity index (χ1) is 6.83. The van der Waals surface area contributed by atoms with Crippen molar-refractivity contribution in [3.63, 3.8) is 0 Å². The predicted octanol–water partition coefficient (Wildman–Crippen LogP) is 0.903. The summed E-state index contributed by atoms with van der Waals surface area (Å²) in [5.74, 6) is -0.555. The third-order valence-electron chi connectivity index (χ3n) is 1.51. The number of carbonyl (C=O) groups is 2. The summed E-state index contributed by atoms with van der Waals surface area (Å²) in [5, 5.41) is 0. The van der Waals surface area contributed by atoms with E-state index in [1.165, 1.54) is 0 Å². The molecule has 0 unspecified atom stereocenters. The molecule has 0 aliphatic carbocycles. The van der Waals surface area contributed by atoms with E-state index in [1.807, 2.05) is 30.3 Å². The van der Waals surface area contributed by atoms with Crippen LogP contribution in [0.3, 0.4) is 0 Å². The van der Waals surface area contributed by atoms with Crippen molar-refractivity contribution in [3.8, 4) is 0 Å². The summed E-state index contributed by atoms with van der Waals surface area (Å²) in [6.45, 7) is 0.0714. The Hall–Kier alpha value is -1.84. The molecule has 4 nitrogen and oxygen atoms in total. The number of carbonyl (C=O) groups excluding carboxylic acids is 2. The van der Waals surface area contributed by atoms with Crippen LogP contribution in [-0.2, 0) is 25.7 Å². The van der Waals surface area contributed by atoms with Crippen LogP contribution in [0.4, 0.5) is 0 Å². The van der Waals surface area contributed by atoms with Gasteiger partial charge in [-0.2, -0.15) is 0 Å². The molecule has 0 fully saturated rings. The lowest BCUT2D eigenvalue weighted by Crippen LogP contribution is -2.11. The Kier molecular flexibility index (Phi) is 4.20. The second kappa shape index (κ2) is 5.75. The molecule has 74 valence electrons. The van der Waals surface area contributed by atoms with E-state index in [1.54, 1.807) is 0 Å². The molecule has 0 heterocycles. The Morgan fingerprint density at radius 2 is 2.00 bits per heavy atom. The van der Waals surface area contributed by atoms with Crippen LogP contribution < -0.4 is 0 Å². The third-order valence-corrected chi connectivity index (χ3v) is 1.51. The highest BCUT2D eigenvalue weighted by atomic mass is 16.6. The van der Waals surface area contributed by atoms with E-state index in [9.17, 15) is 9.59 Å². The molecule has 0 aromatic heterocycles. The van der Waals surface area contributed by atoms with E-state index in [-0.39, 0.29) is 19.7 Å². The maximum Gasteiger partial charge on any atom is 0.344 e. The molecule has 1 aromatic rings. The second-order valence-electron chi connectivity index (χ2n) is 2.55. The maximum atomic E-state index is 10.9. The Labute approximate surface area is 81.4 Å². The SMILES string of the molecule is O=COCC(=O)OCc1ccccc1. The van der Waals surface area contributed by atoms with E-state index in [0.717, 1.165) is 5.56 Å². The number of rotatable bonds is 5. The van der Waals surface area contributed by atoms with Crippen LogP contribution in [0.1, 0.15) is 5.56 Å². The van der Waals surface area contributed by atoms with Gasteiger partial charge in [-0.05, 0) is 5.56 Å². The zero-order valence-electron chi connectivity index (χ0n) is 7.51. The summed E-state index contributed by atoms with van der Waals surface area (Å²) in [5.41, 5.74) is 0.895. The minimum absolute atomic E-state index is 0.196. The summed E-state index contributed by atoms with van der Waals surface area (Å²) in [6.07, 6.45) is 0. The fourth-order valence-corrected chi connectivity index (χ4v) is 0.882. The standard InChI is InChI=1S/C10H10O4/c11-8-13-7-10(12)14-6-9-4-2-1-3-5-9/h1-5,8H,6-7H2. The van der Waals surface area contributed by atoms with E-state index in [4.69, 9.17) is 4.74 Å². The molecule has 0 aliphatic rings. The highest BCUT2D eigenvalue weighted by Gasteiger charge is 2.02. The van der Waals surface area contributed by atoms with Crippen LogP contribution >= 0.6 is 0 Å². The minimum atomic E-state index is -0.555. The first kappa shape index (κ1) is 10.2. The molecule has 0 radical (unpaired) electrons. The quantitative estimate of drug-likeness (QED) is 0.516. The van der Waals surface area contributed by atoms with Gasteiger partial charge in [-0.25, -0.2) is 4.79 Å². The van der Waals surface area contributed by atoms with Gasteiger partial charge in [0, 0.05) is 0 Å². The van der Waals surface area contributed by atoms with Gasteiger partial charge >= 0.3 is 5.97 Å². The van der Waals surface area contributed by atoms with Gasteiger partial charge in [0.2, 0.25) is 0 Å². The van der Waals surface area contributed by atoms with Crippen LogP contribution in [0.25, 0.3) is 0 Å². The molecule has 0 N–H and O–H groups in total. The zero-order chi connectivity index (χ0) is 10.2. The van der Waals surface area contributed by atoms with Gasteiger partial charge in [-0.15, -0.1) is 0 Å². The Morgan fingerprint density at radius 3 is 2.64 bits per heavy atom. The summed E-state index contributed by atoms with van der Waals surface area (Å²) in [4.78, 5) is 20.6. The molecule has 1 aromatic carbocycles. The molecular formula is C10H10O4. The molecule has 1 rings (SSSR count). The highest BCUT2D eigenvalue weighted by Crippen LogP contribution is 2.00. The number of hydrogen-bond acceptors (Lipinski definition) is 4. The van der Waals surface area contributed by atoms with Gasteiger partial charge < -0.3 is 9.47 Å². The molecule has 0 saturated carbocycles. The number of hydrogen-bond donors (Lipinski definition) is 0. The first-order valence-corrected chi connectivity index (χ1v) is 4.07. The zero-order valence-corrected chi connectivity index (χ0v) is 7.51. The summed E-state index contributed by atoms with van der Waals surface area (Å²) in [7, 11) is 0. The van der Waals surface area contributed by atoms with Gasteiger partial charge in [0.15, 0.2) is 6.61 Å². The normalized spacial score (nSPS) is 9.14. The van der Waals surface area contributed by atoms with E-state index < -0.39 is 5.97 Å². The van der Waals surface area contributed by atoms with Crippen molar-refractivity contribution in [1.29, 1.82) is 0 Å². The lowest BCUT2D eigenvalue weighted by atomic mass is 10.2. The van der Waals surface area contributed by atoms with Crippen molar-refractivity contribution >= 4 is 12.4 Å². The Morgan fingerprint density at radius 1 is 1.29 bits per heavy atom. The van der Waals surface area contributed by atoms with Gasteiger partial charge in [0.05, 0.1) is 0 Å². The lowest BCUT2D eigenvalue weighted by molar-refractivity contribution is -0.154. The Balaban J connectivity index is 2.27. The van der Waals surface area contributed by atoms with Crippen molar-refractivity contribution < 1.29 is 19.1 Å². The van der Waals surface area contributed by atoms with Crippen molar-refractivity contribution in [2.45, 2.75) is 6.61 Å². The molecule has 0 aliphatic heterocycles. The van der Waals surface area contributed by atoms with Gasteiger partial charge in [-0.3, -0.25) is 4.79 Å². The maximum absolute atomic E-state index is 10.9. The van der Waals surface area contributed by atoms with Crippen LogP contribution in [-0.4, -0.2) is 19.0 Å². The third kappa shape index (κ3) is 3.71. The molecule has 0 amide bonds. The summed E-state index contributed by atoms with van der Waals surface area (Å²) >= 11 is 0. The monoisotopic (exact) mass is 194 g/mol. The van der Waals surface area contributed by atoms with E-state index in [0.29, 0.717) is 0 Å². The molecule has 14 heavy (non-hydrogen) atoms. The number of benzene rings is 1. The highest BCUT2D eigenvalue weighted by molar-refractivity contribution is 5.71. The average molecular weight is 194 g/mol. The van der Waals surface area contributed by atoms with Crippen molar-refractivity contribution in [2.24, 2.45) is 0 Å². The first-order valence-electron chi connectivity index (χ1n) is 4.07. The number of esters is 1. The molecular weight excluding hydrogens is 184 g/mol. The fraction of sp³-hybridized carbons (Fsp3) is 0.200. The molecule has 0 bridgehead atoms. The molecule has 0 spiro atoms. The van der Waals surface area contributed by atoms with E-state index in [2.05, 4.69) is 4.74 Å².